The van der Waals surface area contributed by atoms with Gasteiger partial charge in [-0.15, -0.1) is 10.2 Å². The maximum atomic E-state index is 9.12. The van der Waals surface area contributed by atoms with Crippen molar-refractivity contribution in [2.24, 2.45) is 7.05 Å². The van der Waals surface area contributed by atoms with Crippen LogP contribution in [0, 0.1) is 0 Å². The lowest BCUT2D eigenvalue weighted by atomic mass is 10.2. The van der Waals surface area contributed by atoms with Crippen molar-refractivity contribution in [1.82, 2.24) is 25.1 Å². The van der Waals surface area contributed by atoms with Crippen molar-refractivity contribution in [2.45, 2.75) is 25.4 Å². The van der Waals surface area contributed by atoms with E-state index in [1.807, 2.05) is 0 Å². The number of aliphatic hydroxyl groups is 1. The van der Waals surface area contributed by atoms with E-state index >= 15 is 0 Å². The van der Waals surface area contributed by atoms with Crippen LogP contribution in [0.2, 0.25) is 0 Å². The minimum Gasteiger partial charge on any atom is -0.395 e. The molecule has 0 radical (unpaired) electrons. The van der Waals surface area contributed by atoms with Crippen LogP contribution >= 0.6 is 0 Å². The highest BCUT2D eigenvalue weighted by Crippen LogP contribution is 2.17. The lowest BCUT2D eigenvalue weighted by Gasteiger charge is -2.20. The number of aromatic nitrogens is 4. The summed E-state index contributed by atoms with van der Waals surface area (Å²) in [5, 5.41) is 20.9. The molecule has 0 aromatic carbocycles. The van der Waals surface area contributed by atoms with Gasteiger partial charge in [-0.25, -0.2) is 0 Å². The van der Waals surface area contributed by atoms with E-state index in [0.717, 1.165) is 25.2 Å². The summed E-state index contributed by atoms with van der Waals surface area (Å²) in [5.74, 6) is 0.729. The zero-order chi connectivity index (χ0) is 9.97. The molecule has 0 aliphatic carbocycles. The van der Waals surface area contributed by atoms with E-state index in [-0.39, 0.29) is 12.6 Å². The molecule has 78 valence electrons. The van der Waals surface area contributed by atoms with Gasteiger partial charge in [0.1, 0.15) is 0 Å². The van der Waals surface area contributed by atoms with Crippen LogP contribution in [0.5, 0.6) is 0 Å². The van der Waals surface area contributed by atoms with Crippen LogP contribution < -0.4 is 0 Å². The van der Waals surface area contributed by atoms with Crippen molar-refractivity contribution >= 4 is 0 Å². The second-order valence-corrected chi connectivity index (χ2v) is 3.64. The van der Waals surface area contributed by atoms with Crippen LogP contribution in [0.25, 0.3) is 0 Å². The van der Waals surface area contributed by atoms with E-state index in [2.05, 4.69) is 20.3 Å². The fourth-order valence-electron chi connectivity index (χ4n) is 1.88. The maximum Gasteiger partial charge on any atom is 0.188 e. The number of hydrogen-bond donors (Lipinski definition) is 1. The van der Waals surface area contributed by atoms with Crippen LogP contribution in [-0.4, -0.2) is 49.4 Å². The van der Waals surface area contributed by atoms with E-state index in [4.69, 9.17) is 5.11 Å². The first-order valence-electron chi connectivity index (χ1n) is 4.87. The topological polar surface area (TPSA) is 67.1 Å². The SMILES string of the molecule is Cn1nnc(CN2CCCC2CO)n1. The van der Waals surface area contributed by atoms with Gasteiger partial charge in [-0.3, -0.25) is 4.90 Å². The van der Waals surface area contributed by atoms with Crippen molar-refractivity contribution in [1.29, 1.82) is 0 Å². The van der Waals surface area contributed by atoms with Gasteiger partial charge in [0.15, 0.2) is 5.82 Å². The molecule has 1 atom stereocenters. The third-order valence-corrected chi connectivity index (χ3v) is 2.60. The Morgan fingerprint density at radius 2 is 2.43 bits per heavy atom. The van der Waals surface area contributed by atoms with Crippen molar-refractivity contribution in [3.63, 3.8) is 0 Å². The third kappa shape index (κ3) is 1.91. The van der Waals surface area contributed by atoms with Crippen molar-refractivity contribution in [2.75, 3.05) is 13.2 Å². The number of nitrogens with zero attached hydrogens (tertiary/aromatic N) is 5. The van der Waals surface area contributed by atoms with Gasteiger partial charge < -0.3 is 5.11 Å². The summed E-state index contributed by atoms with van der Waals surface area (Å²) >= 11 is 0. The van der Waals surface area contributed by atoms with Crippen LogP contribution in [0.1, 0.15) is 18.7 Å². The van der Waals surface area contributed by atoms with Crippen molar-refractivity contribution < 1.29 is 5.11 Å². The number of tetrazole rings is 1. The molecule has 6 nitrogen and oxygen atoms in total. The minimum atomic E-state index is 0.222. The Morgan fingerprint density at radius 1 is 1.57 bits per heavy atom. The Balaban J connectivity index is 1.96. The van der Waals surface area contributed by atoms with Crippen molar-refractivity contribution in [3.8, 4) is 0 Å². The number of hydrogen-bond acceptors (Lipinski definition) is 5. The Labute approximate surface area is 82.5 Å². The fraction of sp³-hybridized carbons (Fsp3) is 0.875. The maximum absolute atomic E-state index is 9.12. The molecule has 1 aromatic heterocycles. The molecule has 2 rings (SSSR count). The quantitative estimate of drug-likeness (QED) is 0.685. The summed E-state index contributed by atoms with van der Waals surface area (Å²) in [6.45, 7) is 1.93. The predicted octanol–water partition coefficient (Wildman–Crippen LogP) is -0.833. The van der Waals surface area contributed by atoms with Crippen molar-refractivity contribution in [3.05, 3.63) is 5.82 Å². The molecule has 0 spiro atoms. The molecule has 1 aromatic rings. The van der Waals surface area contributed by atoms with Gasteiger partial charge >= 0.3 is 0 Å². The average molecular weight is 197 g/mol. The lowest BCUT2D eigenvalue weighted by Crippen LogP contribution is -2.32. The molecule has 1 aliphatic rings. The summed E-state index contributed by atoms with van der Waals surface area (Å²) in [4.78, 5) is 3.66. The van der Waals surface area contributed by atoms with Gasteiger partial charge in [0.25, 0.3) is 0 Å². The van der Waals surface area contributed by atoms with E-state index in [0.29, 0.717) is 6.54 Å². The highest BCUT2D eigenvalue weighted by molar-refractivity contribution is 4.84. The first-order chi connectivity index (χ1) is 6.79. The van der Waals surface area contributed by atoms with Crippen LogP contribution in [0.3, 0.4) is 0 Å². The van der Waals surface area contributed by atoms with Crippen LogP contribution in [0.4, 0.5) is 0 Å². The van der Waals surface area contributed by atoms with Gasteiger partial charge in [-0.1, -0.05) is 0 Å². The molecule has 6 heteroatoms. The molecular weight excluding hydrogens is 182 g/mol. The molecule has 0 saturated carbocycles. The molecule has 0 amide bonds. The molecule has 1 fully saturated rings. The summed E-state index contributed by atoms with van der Waals surface area (Å²) in [7, 11) is 1.75. The van der Waals surface area contributed by atoms with Crippen LogP contribution in [0.15, 0.2) is 0 Å². The lowest BCUT2D eigenvalue weighted by molar-refractivity contribution is 0.151. The summed E-state index contributed by atoms with van der Waals surface area (Å²) in [6.07, 6.45) is 2.21. The van der Waals surface area contributed by atoms with Crippen LogP contribution in [-0.2, 0) is 13.6 Å². The van der Waals surface area contributed by atoms with Gasteiger partial charge in [0.2, 0.25) is 0 Å². The number of rotatable bonds is 3. The normalized spacial score (nSPS) is 23.1. The fourth-order valence-corrected chi connectivity index (χ4v) is 1.88. The van der Waals surface area contributed by atoms with Gasteiger partial charge in [-0.2, -0.15) is 4.80 Å². The summed E-state index contributed by atoms with van der Waals surface area (Å²) in [5.41, 5.74) is 0. The molecule has 0 bridgehead atoms. The Bertz CT molecular complexity index is 300. The standard InChI is InChI=1S/C8H15N5O/c1-12-10-8(9-11-12)5-13-4-2-3-7(13)6-14/h7,14H,2-6H2,1H3. The number of aliphatic hydroxyl groups excluding tert-OH is 1. The molecule has 1 N–H and O–H groups in total. The average Bonchev–Trinajstić information content (AvgIpc) is 2.76. The van der Waals surface area contributed by atoms with E-state index < -0.39 is 0 Å². The van der Waals surface area contributed by atoms with Gasteiger partial charge in [0, 0.05) is 6.04 Å². The number of aryl methyl sites for hydroxylation is 1. The molecule has 1 aliphatic heterocycles. The zero-order valence-corrected chi connectivity index (χ0v) is 8.30. The Morgan fingerprint density at radius 3 is 3.07 bits per heavy atom. The molecule has 14 heavy (non-hydrogen) atoms. The van der Waals surface area contributed by atoms with E-state index in [1.165, 1.54) is 4.80 Å². The molecular formula is C8H15N5O. The smallest absolute Gasteiger partial charge is 0.188 e. The van der Waals surface area contributed by atoms with E-state index in [1.54, 1.807) is 7.05 Å². The largest absolute Gasteiger partial charge is 0.395 e. The van der Waals surface area contributed by atoms with Gasteiger partial charge in [-0.05, 0) is 24.6 Å². The third-order valence-electron chi connectivity index (χ3n) is 2.60. The first kappa shape index (κ1) is 9.54. The molecule has 1 saturated heterocycles. The first-order valence-corrected chi connectivity index (χ1v) is 4.87. The second kappa shape index (κ2) is 4.02. The second-order valence-electron chi connectivity index (χ2n) is 3.64. The Kier molecular flexibility index (Phi) is 2.74. The predicted molar refractivity (Wildman–Crippen MR) is 49.3 cm³/mol. The molecule has 2 heterocycles. The summed E-state index contributed by atoms with van der Waals surface area (Å²) in [6, 6.07) is 0.277. The minimum absolute atomic E-state index is 0.222. The summed E-state index contributed by atoms with van der Waals surface area (Å²) < 4.78 is 0. The van der Waals surface area contributed by atoms with Gasteiger partial charge in [0.05, 0.1) is 20.2 Å². The highest BCUT2D eigenvalue weighted by atomic mass is 16.3. The molecule has 1 unspecified atom stereocenters. The number of likely N-dealkylation sites (tertiary alicyclic amines) is 1. The highest BCUT2D eigenvalue weighted by Gasteiger charge is 2.24. The Hall–Kier alpha value is -1.01. The monoisotopic (exact) mass is 197 g/mol. The van der Waals surface area contributed by atoms with E-state index in [9.17, 15) is 0 Å². The zero-order valence-electron chi connectivity index (χ0n) is 8.30.